The lowest BCUT2D eigenvalue weighted by Crippen LogP contribution is -2.46. The molecule has 0 spiro atoms. The third-order valence-electron chi connectivity index (χ3n) is 3.48. The first-order valence-corrected chi connectivity index (χ1v) is 6.76. The second-order valence-corrected chi connectivity index (χ2v) is 4.87. The van der Waals surface area contributed by atoms with Crippen LogP contribution in [-0.4, -0.2) is 48.4 Å². The van der Waals surface area contributed by atoms with E-state index in [0.717, 1.165) is 38.3 Å². The second-order valence-electron chi connectivity index (χ2n) is 4.87. The van der Waals surface area contributed by atoms with E-state index in [1.165, 1.54) is 19.2 Å². The van der Waals surface area contributed by atoms with Gasteiger partial charge in [-0.2, -0.15) is 0 Å². The molecular weight excluding hydrogens is 244 g/mol. The summed E-state index contributed by atoms with van der Waals surface area (Å²) in [6.07, 6.45) is 2.73. The van der Waals surface area contributed by atoms with Gasteiger partial charge in [-0.1, -0.05) is 6.92 Å². The number of carbonyl (C=O) groups is 1. The van der Waals surface area contributed by atoms with Crippen LogP contribution in [0.15, 0.2) is 16.7 Å². The van der Waals surface area contributed by atoms with Gasteiger partial charge in [0.2, 0.25) is 0 Å². The standard InChI is InChI=1S/C13H22N4O2/c1-2-4-16-5-7-17(8-6-16)10-11-3-9-19-12(11)13(18)15-14/h3,9H,2,4-8,10,14H2,1H3,(H,15,18). The number of nitrogens with two attached hydrogens (primary N) is 1. The van der Waals surface area contributed by atoms with Crippen molar-refractivity contribution in [3.63, 3.8) is 0 Å². The quantitative estimate of drug-likeness (QED) is 0.459. The van der Waals surface area contributed by atoms with Crippen molar-refractivity contribution in [2.45, 2.75) is 19.9 Å². The molecule has 0 atom stereocenters. The van der Waals surface area contributed by atoms with Gasteiger partial charge in [0.15, 0.2) is 5.76 Å². The number of amides is 1. The molecule has 1 aliphatic rings. The maximum atomic E-state index is 11.5. The van der Waals surface area contributed by atoms with Crippen molar-refractivity contribution in [3.8, 4) is 0 Å². The minimum Gasteiger partial charge on any atom is -0.459 e. The number of hydrogen-bond acceptors (Lipinski definition) is 5. The first-order valence-electron chi connectivity index (χ1n) is 6.76. The number of hydrazine groups is 1. The predicted molar refractivity (Wildman–Crippen MR) is 72.4 cm³/mol. The van der Waals surface area contributed by atoms with Gasteiger partial charge in [0.25, 0.3) is 0 Å². The molecule has 2 rings (SSSR count). The van der Waals surface area contributed by atoms with Gasteiger partial charge in [-0.05, 0) is 19.0 Å². The molecule has 2 heterocycles. The zero-order chi connectivity index (χ0) is 13.7. The molecule has 1 aliphatic heterocycles. The molecule has 3 N–H and O–H groups in total. The molecule has 6 heteroatoms. The van der Waals surface area contributed by atoms with E-state index in [9.17, 15) is 4.79 Å². The molecular formula is C13H22N4O2. The van der Waals surface area contributed by atoms with Crippen molar-refractivity contribution in [1.29, 1.82) is 0 Å². The molecule has 0 aliphatic carbocycles. The van der Waals surface area contributed by atoms with Gasteiger partial charge in [0, 0.05) is 38.3 Å². The van der Waals surface area contributed by atoms with Crippen molar-refractivity contribution >= 4 is 5.91 Å². The van der Waals surface area contributed by atoms with E-state index in [2.05, 4.69) is 22.1 Å². The topological polar surface area (TPSA) is 74.7 Å². The van der Waals surface area contributed by atoms with Crippen molar-refractivity contribution in [1.82, 2.24) is 15.2 Å². The van der Waals surface area contributed by atoms with Crippen LogP contribution in [0.1, 0.15) is 29.5 Å². The minimum atomic E-state index is -0.371. The van der Waals surface area contributed by atoms with Crippen LogP contribution in [0.25, 0.3) is 0 Å². The van der Waals surface area contributed by atoms with Gasteiger partial charge in [0.1, 0.15) is 0 Å². The number of nitrogens with one attached hydrogen (secondary N) is 1. The van der Waals surface area contributed by atoms with Crippen molar-refractivity contribution in [2.75, 3.05) is 32.7 Å². The molecule has 1 amide bonds. The van der Waals surface area contributed by atoms with Crippen molar-refractivity contribution < 1.29 is 9.21 Å². The SMILES string of the molecule is CCCN1CCN(Cc2ccoc2C(=O)NN)CC1. The van der Waals surface area contributed by atoms with Crippen LogP contribution < -0.4 is 11.3 Å². The fourth-order valence-corrected chi connectivity index (χ4v) is 2.45. The summed E-state index contributed by atoms with van der Waals surface area (Å²) in [5.41, 5.74) is 3.00. The average molecular weight is 266 g/mol. The van der Waals surface area contributed by atoms with Crippen LogP contribution in [0.4, 0.5) is 0 Å². The van der Waals surface area contributed by atoms with E-state index < -0.39 is 0 Å². The van der Waals surface area contributed by atoms with Crippen LogP contribution in [-0.2, 0) is 6.54 Å². The van der Waals surface area contributed by atoms with Gasteiger partial charge >= 0.3 is 5.91 Å². The first kappa shape index (κ1) is 14.0. The lowest BCUT2D eigenvalue weighted by molar-refractivity contribution is 0.0919. The number of hydrogen-bond donors (Lipinski definition) is 2. The summed E-state index contributed by atoms with van der Waals surface area (Å²) in [4.78, 5) is 16.3. The largest absolute Gasteiger partial charge is 0.459 e. The highest BCUT2D eigenvalue weighted by Gasteiger charge is 2.20. The molecule has 0 bridgehead atoms. The molecule has 6 nitrogen and oxygen atoms in total. The minimum absolute atomic E-state index is 0.318. The maximum Gasteiger partial charge on any atom is 0.301 e. The lowest BCUT2D eigenvalue weighted by atomic mass is 10.2. The number of nitrogen functional groups attached to an aromatic ring is 1. The summed E-state index contributed by atoms with van der Waals surface area (Å²) >= 11 is 0. The normalized spacial score (nSPS) is 17.6. The van der Waals surface area contributed by atoms with Gasteiger partial charge in [-0.15, -0.1) is 0 Å². The fourth-order valence-electron chi connectivity index (χ4n) is 2.45. The zero-order valence-electron chi connectivity index (χ0n) is 11.4. The average Bonchev–Trinajstić information content (AvgIpc) is 2.88. The summed E-state index contributed by atoms with van der Waals surface area (Å²) in [6.45, 7) is 8.33. The zero-order valence-corrected chi connectivity index (χ0v) is 11.4. The Bertz CT molecular complexity index is 411. The third kappa shape index (κ3) is 3.56. The van der Waals surface area contributed by atoms with Gasteiger partial charge in [-0.3, -0.25) is 15.1 Å². The predicted octanol–water partition coefficient (Wildman–Crippen LogP) is 0.411. The van der Waals surface area contributed by atoms with E-state index >= 15 is 0 Å². The Morgan fingerprint density at radius 2 is 2.05 bits per heavy atom. The summed E-state index contributed by atoms with van der Waals surface area (Å²) < 4.78 is 5.19. The Morgan fingerprint density at radius 1 is 1.37 bits per heavy atom. The first-order chi connectivity index (χ1) is 9.24. The van der Waals surface area contributed by atoms with Crippen LogP contribution >= 0.6 is 0 Å². The van der Waals surface area contributed by atoms with Crippen molar-refractivity contribution in [2.24, 2.45) is 5.84 Å². The molecule has 1 fully saturated rings. The molecule has 1 aromatic heterocycles. The number of piperazine rings is 1. The van der Waals surface area contributed by atoms with Crippen LogP contribution in [0, 0.1) is 0 Å². The second kappa shape index (κ2) is 6.70. The molecule has 0 radical (unpaired) electrons. The lowest BCUT2D eigenvalue weighted by Gasteiger charge is -2.34. The van der Waals surface area contributed by atoms with Crippen LogP contribution in [0.2, 0.25) is 0 Å². The molecule has 0 aromatic carbocycles. The van der Waals surface area contributed by atoms with E-state index in [4.69, 9.17) is 10.3 Å². The van der Waals surface area contributed by atoms with Gasteiger partial charge in [0.05, 0.1) is 6.26 Å². The Hall–Kier alpha value is -1.37. The van der Waals surface area contributed by atoms with E-state index in [0.29, 0.717) is 5.76 Å². The molecule has 0 saturated carbocycles. The Labute approximate surface area is 113 Å². The third-order valence-corrected chi connectivity index (χ3v) is 3.48. The molecule has 106 valence electrons. The highest BCUT2D eigenvalue weighted by molar-refractivity contribution is 5.92. The molecule has 1 saturated heterocycles. The smallest absolute Gasteiger partial charge is 0.301 e. The van der Waals surface area contributed by atoms with Crippen molar-refractivity contribution in [3.05, 3.63) is 23.7 Å². The summed E-state index contributed by atoms with van der Waals surface area (Å²) in [7, 11) is 0. The van der Waals surface area contributed by atoms with E-state index in [1.54, 1.807) is 0 Å². The highest BCUT2D eigenvalue weighted by Crippen LogP contribution is 2.14. The number of nitrogens with zero attached hydrogens (tertiary/aromatic N) is 2. The monoisotopic (exact) mass is 266 g/mol. The summed E-state index contributed by atoms with van der Waals surface area (Å²) in [5.74, 6) is 5.08. The Kier molecular flexibility index (Phi) is 4.95. The maximum absolute atomic E-state index is 11.5. The van der Waals surface area contributed by atoms with Crippen LogP contribution in [0.3, 0.4) is 0 Å². The molecule has 19 heavy (non-hydrogen) atoms. The van der Waals surface area contributed by atoms with E-state index in [-0.39, 0.29) is 5.91 Å². The highest BCUT2D eigenvalue weighted by atomic mass is 16.3. The Balaban J connectivity index is 1.89. The summed E-state index contributed by atoms with van der Waals surface area (Å²) in [5, 5.41) is 0. The number of carbonyl (C=O) groups excluding carboxylic acids is 1. The van der Waals surface area contributed by atoms with Crippen LogP contribution in [0.5, 0.6) is 0 Å². The Morgan fingerprint density at radius 3 is 2.68 bits per heavy atom. The van der Waals surface area contributed by atoms with Gasteiger partial charge in [-0.25, -0.2) is 5.84 Å². The number of rotatable bonds is 5. The molecule has 0 unspecified atom stereocenters. The number of furan rings is 1. The summed E-state index contributed by atoms with van der Waals surface area (Å²) in [6, 6.07) is 1.84. The van der Waals surface area contributed by atoms with Gasteiger partial charge < -0.3 is 9.32 Å². The fraction of sp³-hybridized carbons (Fsp3) is 0.615. The molecule has 1 aromatic rings. The van der Waals surface area contributed by atoms with E-state index in [1.807, 2.05) is 6.07 Å².